The first-order valence-electron chi connectivity index (χ1n) is 9.18. The second-order valence-corrected chi connectivity index (χ2v) is 9.37. The number of hydrogen-bond donors (Lipinski definition) is 1. The first kappa shape index (κ1) is 21.8. The van der Waals surface area contributed by atoms with Gasteiger partial charge in [-0.15, -0.1) is 0 Å². The number of nitrogens with zero attached hydrogens (tertiary/aromatic N) is 1. The first-order chi connectivity index (χ1) is 15.0. The number of hydrogen-bond acceptors (Lipinski definition) is 4. The number of rotatable bonds is 5. The van der Waals surface area contributed by atoms with Crippen LogP contribution in [0.25, 0.3) is 6.08 Å². The van der Waals surface area contributed by atoms with Gasteiger partial charge >= 0.3 is 0 Å². The highest BCUT2D eigenvalue weighted by Gasteiger charge is 2.23. The predicted octanol–water partition coefficient (Wildman–Crippen LogP) is 6.82. The molecule has 1 saturated heterocycles. The monoisotopic (exact) mass is 560 g/mol. The molecule has 3 aromatic rings. The van der Waals surface area contributed by atoms with Gasteiger partial charge in [0.05, 0.1) is 15.1 Å². The summed E-state index contributed by atoms with van der Waals surface area (Å²) in [4.78, 5) is 17.4. The zero-order valence-corrected chi connectivity index (χ0v) is 19.9. The lowest BCUT2D eigenvalue weighted by Crippen LogP contribution is -2.19. The number of amides is 1. The van der Waals surface area contributed by atoms with Gasteiger partial charge in [-0.3, -0.25) is 4.79 Å². The van der Waals surface area contributed by atoms with Gasteiger partial charge in [0, 0.05) is 4.47 Å². The molecule has 0 unspecified atom stereocenters. The quantitative estimate of drug-likeness (QED) is 0.348. The highest BCUT2D eigenvalue weighted by Crippen LogP contribution is 2.32. The summed E-state index contributed by atoms with van der Waals surface area (Å²) in [5, 5.41) is 3.32. The molecule has 0 bridgehead atoms. The lowest BCUT2D eigenvalue weighted by Gasteiger charge is -2.09. The molecule has 1 fully saturated rings. The topological polar surface area (TPSA) is 50.7 Å². The van der Waals surface area contributed by atoms with E-state index in [9.17, 15) is 9.18 Å². The van der Waals surface area contributed by atoms with Crippen molar-refractivity contribution >= 4 is 66.5 Å². The van der Waals surface area contributed by atoms with E-state index in [1.54, 1.807) is 18.2 Å². The van der Waals surface area contributed by atoms with E-state index in [-0.39, 0.29) is 11.7 Å². The molecule has 4 rings (SSSR count). The summed E-state index contributed by atoms with van der Waals surface area (Å²) in [6.07, 6.45) is 1.80. The Balaban J connectivity index is 1.45. The molecule has 0 atom stereocenters. The van der Waals surface area contributed by atoms with Crippen molar-refractivity contribution in [1.82, 2.24) is 5.32 Å². The Bertz CT molecular complexity index is 1200. The third-order valence-corrected chi connectivity index (χ3v) is 6.27. The van der Waals surface area contributed by atoms with Crippen LogP contribution in [0.2, 0.25) is 0 Å². The lowest BCUT2D eigenvalue weighted by atomic mass is 10.2. The maximum atomic E-state index is 13.0. The number of amidine groups is 1. The van der Waals surface area contributed by atoms with Crippen LogP contribution >= 0.6 is 43.6 Å². The van der Waals surface area contributed by atoms with Crippen LogP contribution in [0.1, 0.15) is 11.1 Å². The molecule has 0 radical (unpaired) electrons. The molecule has 0 spiro atoms. The van der Waals surface area contributed by atoms with Gasteiger partial charge in [-0.25, -0.2) is 9.38 Å². The fourth-order valence-electron chi connectivity index (χ4n) is 2.76. The number of nitrogens with one attached hydrogen (secondary N) is 1. The van der Waals surface area contributed by atoms with Gasteiger partial charge in [-0.1, -0.05) is 40.2 Å². The van der Waals surface area contributed by atoms with E-state index in [4.69, 9.17) is 4.74 Å². The van der Waals surface area contributed by atoms with Gasteiger partial charge in [-0.05, 0) is 87.4 Å². The molecule has 3 aromatic carbocycles. The Morgan fingerprint density at radius 3 is 2.61 bits per heavy atom. The zero-order chi connectivity index (χ0) is 21.8. The fourth-order valence-corrected chi connectivity index (χ4v) is 4.50. The van der Waals surface area contributed by atoms with E-state index < -0.39 is 0 Å². The van der Waals surface area contributed by atoms with Gasteiger partial charge in [0.25, 0.3) is 5.91 Å². The predicted molar refractivity (Wildman–Crippen MR) is 130 cm³/mol. The van der Waals surface area contributed by atoms with Crippen LogP contribution < -0.4 is 10.1 Å². The highest BCUT2D eigenvalue weighted by molar-refractivity contribution is 9.10. The largest absolute Gasteiger partial charge is 0.488 e. The van der Waals surface area contributed by atoms with Crippen LogP contribution in [0.15, 0.2) is 85.6 Å². The molecule has 8 heteroatoms. The van der Waals surface area contributed by atoms with Crippen molar-refractivity contribution in [2.75, 3.05) is 0 Å². The Kier molecular flexibility index (Phi) is 6.89. The second-order valence-electron chi connectivity index (χ2n) is 6.57. The Morgan fingerprint density at radius 2 is 1.87 bits per heavy atom. The summed E-state index contributed by atoms with van der Waals surface area (Å²) < 4.78 is 20.5. The standard InChI is InChI=1S/C23H15Br2FN2O2S/c24-16-2-1-3-18(12-16)27-23-28-22(29)21(31-23)11-15-6-9-20(19(25)10-15)30-13-14-4-7-17(26)8-5-14/h1-12H,13H2,(H,27,28,29)/b21-11-. The molecule has 4 nitrogen and oxygen atoms in total. The van der Waals surface area contributed by atoms with Crippen LogP contribution in [0, 0.1) is 5.82 Å². The van der Waals surface area contributed by atoms with Gasteiger partial charge in [0.15, 0.2) is 5.17 Å². The maximum Gasteiger partial charge on any atom is 0.264 e. The molecule has 1 amide bonds. The van der Waals surface area contributed by atoms with Crippen molar-refractivity contribution < 1.29 is 13.9 Å². The van der Waals surface area contributed by atoms with Crippen LogP contribution in [-0.4, -0.2) is 11.1 Å². The number of halogens is 3. The summed E-state index contributed by atoms with van der Waals surface area (Å²) in [5.74, 6) is 0.194. The normalized spacial score (nSPS) is 16.0. The molecule has 0 aliphatic carbocycles. The molecule has 1 heterocycles. The Morgan fingerprint density at radius 1 is 1.06 bits per heavy atom. The SMILES string of the molecule is O=C1NC(=Nc2cccc(Br)c2)S/C1=C\c1ccc(OCc2ccc(F)cc2)c(Br)c1. The van der Waals surface area contributed by atoms with Crippen LogP contribution in [0.4, 0.5) is 10.1 Å². The van der Waals surface area contributed by atoms with Crippen molar-refractivity contribution in [2.45, 2.75) is 6.61 Å². The number of carbonyl (C=O) groups excluding carboxylic acids is 1. The van der Waals surface area contributed by atoms with E-state index >= 15 is 0 Å². The van der Waals surface area contributed by atoms with E-state index in [1.807, 2.05) is 42.5 Å². The number of aliphatic imine (C=N–C) groups is 1. The smallest absolute Gasteiger partial charge is 0.264 e. The van der Waals surface area contributed by atoms with Gasteiger partial charge in [-0.2, -0.15) is 0 Å². The van der Waals surface area contributed by atoms with Crippen LogP contribution in [-0.2, 0) is 11.4 Å². The fraction of sp³-hybridized carbons (Fsp3) is 0.0435. The summed E-state index contributed by atoms with van der Waals surface area (Å²) in [5.41, 5.74) is 2.47. The van der Waals surface area contributed by atoms with E-state index in [0.29, 0.717) is 22.4 Å². The van der Waals surface area contributed by atoms with Crippen LogP contribution in [0.5, 0.6) is 5.75 Å². The minimum absolute atomic E-state index is 0.188. The molecule has 1 aliphatic heterocycles. The minimum Gasteiger partial charge on any atom is -0.488 e. The average Bonchev–Trinajstić information content (AvgIpc) is 3.07. The van der Waals surface area contributed by atoms with Crippen LogP contribution in [0.3, 0.4) is 0 Å². The third-order valence-electron chi connectivity index (χ3n) is 4.25. The average molecular weight is 562 g/mol. The van der Waals surface area contributed by atoms with Gasteiger partial charge in [0.1, 0.15) is 18.2 Å². The number of carbonyl (C=O) groups is 1. The van der Waals surface area contributed by atoms with Crippen molar-refractivity contribution in [1.29, 1.82) is 0 Å². The molecule has 31 heavy (non-hydrogen) atoms. The van der Waals surface area contributed by atoms with Gasteiger partial charge in [0.2, 0.25) is 0 Å². The molecule has 1 aliphatic rings. The summed E-state index contributed by atoms with van der Waals surface area (Å²) >= 11 is 8.22. The molecule has 0 aromatic heterocycles. The minimum atomic E-state index is -0.277. The number of benzene rings is 3. The van der Waals surface area contributed by atoms with Gasteiger partial charge < -0.3 is 10.1 Å². The molecular formula is C23H15Br2FN2O2S. The molecular weight excluding hydrogens is 547 g/mol. The lowest BCUT2D eigenvalue weighted by molar-refractivity contribution is -0.115. The number of ether oxygens (including phenoxy) is 1. The maximum absolute atomic E-state index is 13.0. The Hall–Kier alpha value is -2.42. The van der Waals surface area contributed by atoms with E-state index in [0.717, 1.165) is 25.8 Å². The summed E-state index contributed by atoms with van der Waals surface area (Å²) in [7, 11) is 0. The molecule has 0 saturated carbocycles. The zero-order valence-electron chi connectivity index (χ0n) is 15.9. The van der Waals surface area contributed by atoms with Crippen molar-refractivity contribution in [2.24, 2.45) is 4.99 Å². The summed E-state index contributed by atoms with van der Waals surface area (Å²) in [6.45, 7) is 0.326. The summed E-state index contributed by atoms with van der Waals surface area (Å²) in [6, 6.07) is 19.3. The van der Waals surface area contributed by atoms with Crippen molar-refractivity contribution in [3.63, 3.8) is 0 Å². The molecule has 156 valence electrons. The highest BCUT2D eigenvalue weighted by atomic mass is 79.9. The van der Waals surface area contributed by atoms with E-state index in [1.165, 1.54) is 23.9 Å². The Labute approximate surface area is 199 Å². The second kappa shape index (κ2) is 9.80. The van der Waals surface area contributed by atoms with Crippen molar-refractivity contribution in [3.8, 4) is 5.75 Å². The van der Waals surface area contributed by atoms with Crippen molar-refractivity contribution in [3.05, 3.63) is 97.5 Å². The molecule has 1 N–H and O–H groups in total. The van der Waals surface area contributed by atoms with E-state index in [2.05, 4.69) is 42.2 Å². The number of thioether (sulfide) groups is 1. The first-order valence-corrected chi connectivity index (χ1v) is 11.6. The third kappa shape index (κ3) is 5.84.